The number of rotatable bonds is 11. The Balaban J connectivity index is 1.54. The summed E-state index contributed by atoms with van der Waals surface area (Å²) in [6.45, 7) is 10.8. The fourth-order valence-electron chi connectivity index (χ4n) is 7.46. The molecule has 13 heteroatoms. The number of nitrogens with one attached hydrogen (secondary N) is 1. The lowest BCUT2D eigenvalue weighted by molar-refractivity contribution is -0.171. The van der Waals surface area contributed by atoms with E-state index in [9.17, 15) is 27.0 Å². The van der Waals surface area contributed by atoms with Crippen molar-refractivity contribution in [3.05, 3.63) is 83.4 Å². The minimum atomic E-state index is -5.31. The first kappa shape index (κ1) is 36.9. The number of allylic oxidation sites excluding steroid dienone is 1. The van der Waals surface area contributed by atoms with Crippen LogP contribution >= 0.6 is 11.6 Å². The number of ether oxygens (including phenoxy) is 2. The van der Waals surface area contributed by atoms with E-state index in [0.717, 1.165) is 32.1 Å². The van der Waals surface area contributed by atoms with Crippen LogP contribution in [0, 0.1) is 17.8 Å². The molecule has 1 unspecified atom stereocenters. The molecule has 3 aliphatic rings. The van der Waals surface area contributed by atoms with Gasteiger partial charge in [0.05, 0.1) is 24.2 Å². The summed E-state index contributed by atoms with van der Waals surface area (Å²) >= 11 is 6.39. The van der Waals surface area contributed by atoms with E-state index in [1.54, 1.807) is 26.2 Å². The molecule has 1 aliphatic heterocycles. The number of carbonyl (C=O) groups excluding carboxylic acids is 2. The molecule has 1 saturated carbocycles. The predicted octanol–water partition coefficient (Wildman–Crippen LogP) is 7.45. The maximum atomic E-state index is 13.7. The smallest absolute Gasteiger partial charge is 0.472 e. The van der Waals surface area contributed by atoms with E-state index in [4.69, 9.17) is 21.1 Å². The van der Waals surface area contributed by atoms with Gasteiger partial charge in [0.15, 0.2) is 0 Å². The Hall–Kier alpha value is -3.35. The normalized spacial score (nSPS) is 24.1. The Morgan fingerprint density at radius 1 is 1.24 bits per heavy atom. The van der Waals surface area contributed by atoms with Crippen LogP contribution in [0.3, 0.4) is 0 Å². The monoisotopic (exact) mass is 721 g/mol. The maximum absolute atomic E-state index is 13.7. The first-order valence-corrected chi connectivity index (χ1v) is 18.5. The number of methoxy groups -OCH3 is 1. The molecule has 1 N–H and O–H groups in total. The zero-order valence-corrected chi connectivity index (χ0v) is 29.3. The number of hydrogen-bond acceptors (Lipinski definition) is 6. The third-order valence-electron chi connectivity index (χ3n) is 9.96. The van der Waals surface area contributed by atoms with Gasteiger partial charge in [0.1, 0.15) is 15.7 Å². The van der Waals surface area contributed by atoms with E-state index >= 15 is 0 Å². The lowest BCUT2D eigenvalue weighted by Gasteiger charge is -2.46. The predicted molar refractivity (Wildman–Crippen MR) is 185 cm³/mol. The molecular formula is C36H43ClF3N3O5S. The zero-order valence-electron chi connectivity index (χ0n) is 27.8. The van der Waals surface area contributed by atoms with Crippen molar-refractivity contribution in [3.8, 4) is 5.75 Å². The highest BCUT2D eigenvalue weighted by molar-refractivity contribution is 7.92. The fraction of sp³-hybridized carbons (Fsp3) is 0.500. The number of fused-ring (bicyclic) bond motifs is 3. The first-order valence-electron chi connectivity index (χ1n) is 16.5. The zero-order chi connectivity index (χ0) is 35.6. The van der Waals surface area contributed by atoms with Gasteiger partial charge < -0.3 is 14.4 Å². The minimum Gasteiger partial charge on any atom is -0.490 e. The van der Waals surface area contributed by atoms with Crippen molar-refractivity contribution in [2.75, 3.05) is 37.5 Å². The van der Waals surface area contributed by atoms with E-state index in [0.29, 0.717) is 42.6 Å². The Morgan fingerprint density at radius 3 is 2.67 bits per heavy atom. The summed E-state index contributed by atoms with van der Waals surface area (Å²) in [6, 6.07) is 10.7. The summed E-state index contributed by atoms with van der Waals surface area (Å²) in [5.74, 6) is -3.32. The van der Waals surface area contributed by atoms with Crippen molar-refractivity contribution in [1.29, 1.82) is 0 Å². The van der Waals surface area contributed by atoms with E-state index in [-0.39, 0.29) is 28.9 Å². The number of nitrogens with zero attached hydrogens (tertiary/aromatic N) is 2. The third kappa shape index (κ3) is 8.18. The van der Waals surface area contributed by atoms with Crippen molar-refractivity contribution in [2.45, 2.75) is 63.1 Å². The van der Waals surface area contributed by atoms with Crippen LogP contribution in [-0.4, -0.2) is 60.9 Å². The summed E-state index contributed by atoms with van der Waals surface area (Å²) in [5, 5.41) is 0.673. The largest absolute Gasteiger partial charge is 0.490 e. The molecule has 2 aromatic rings. The van der Waals surface area contributed by atoms with Crippen molar-refractivity contribution in [3.63, 3.8) is 0 Å². The summed E-state index contributed by atoms with van der Waals surface area (Å²) in [4.78, 5) is 27.7. The highest BCUT2D eigenvalue weighted by Crippen LogP contribution is 2.47. The van der Waals surface area contributed by atoms with E-state index < -0.39 is 39.6 Å². The second-order valence-corrected chi connectivity index (χ2v) is 15.9. The number of carbonyl (C=O) groups is 2. The second kappa shape index (κ2) is 14.9. The van der Waals surface area contributed by atoms with Gasteiger partial charge in [0.2, 0.25) is 0 Å². The molecule has 0 saturated heterocycles. The molecule has 0 bridgehead atoms. The van der Waals surface area contributed by atoms with Gasteiger partial charge >= 0.3 is 12.1 Å². The lowest BCUT2D eigenvalue weighted by Crippen LogP contribution is -2.49. The van der Waals surface area contributed by atoms with Crippen LogP contribution < -0.4 is 14.4 Å². The SMILES string of the molecule is C=CC[C@H](C)CS(=O)(=NC(=O)c1ccc2c(c1)N(C[C@@H]1CC[C@H]1[C@H](C=C)OC)C[C@@]1(CCCc3cc(Cl)ccc31)CO2)NC(=O)C(F)(F)F. The summed E-state index contributed by atoms with van der Waals surface area (Å²) in [7, 11) is -2.48. The molecule has 49 heavy (non-hydrogen) atoms. The van der Waals surface area contributed by atoms with Crippen LogP contribution in [0.2, 0.25) is 5.02 Å². The molecule has 0 aromatic heterocycles. The summed E-state index contributed by atoms with van der Waals surface area (Å²) in [6.07, 6.45) is 2.89. The van der Waals surface area contributed by atoms with Gasteiger partial charge in [-0.25, -0.2) is 4.21 Å². The van der Waals surface area contributed by atoms with Crippen LogP contribution in [0.15, 0.2) is 66.1 Å². The number of hydrogen-bond donors (Lipinski definition) is 1. The van der Waals surface area contributed by atoms with Crippen LogP contribution in [0.4, 0.5) is 18.9 Å². The molecular weight excluding hydrogens is 679 g/mol. The van der Waals surface area contributed by atoms with Gasteiger partial charge in [-0.1, -0.05) is 36.7 Å². The second-order valence-electron chi connectivity index (χ2n) is 13.5. The Kier molecular flexibility index (Phi) is 11.2. The number of aryl methyl sites for hydroxylation is 1. The fourth-order valence-corrected chi connectivity index (χ4v) is 9.54. The van der Waals surface area contributed by atoms with E-state index in [2.05, 4.69) is 28.5 Å². The molecule has 6 atom stereocenters. The Bertz CT molecular complexity index is 1730. The van der Waals surface area contributed by atoms with Gasteiger partial charge in [-0.15, -0.1) is 17.5 Å². The molecule has 5 rings (SSSR count). The lowest BCUT2D eigenvalue weighted by atomic mass is 9.68. The molecule has 2 aliphatic carbocycles. The standard InChI is InChI=1S/C36H43ClF3N3O5S/c1-5-8-23(3)20-49(46,42-34(45)36(38,39)40)41-33(44)25-11-15-32-30(18-25)43(19-26-10-13-28(26)31(6-2)47-4)21-35(22-48-32)16-7-9-24-17-27(37)12-14-29(24)35/h5-6,11-12,14-15,17-18,23,26,28,31H,1-2,7-10,13,16,19-22H2,3-4H3,(H,41,42,44,45,46)/t23-,26-,28+,31-,35-,49?/m0/s1. The average Bonchev–Trinajstić information content (AvgIpc) is 3.17. The van der Waals surface area contributed by atoms with Crippen molar-refractivity contribution in [1.82, 2.24) is 4.72 Å². The first-order chi connectivity index (χ1) is 23.2. The minimum absolute atomic E-state index is 0.00972. The van der Waals surface area contributed by atoms with Crippen molar-refractivity contribution in [2.24, 2.45) is 22.1 Å². The van der Waals surface area contributed by atoms with Crippen LogP contribution in [-0.2, 0) is 31.3 Å². The van der Waals surface area contributed by atoms with Crippen LogP contribution in [0.1, 0.15) is 60.5 Å². The number of benzene rings is 2. The molecule has 1 heterocycles. The molecule has 2 aromatic carbocycles. The highest BCUT2D eigenvalue weighted by Gasteiger charge is 2.45. The number of alkyl halides is 3. The molecule has 2 amide bonds. The van der Waals surface area contributed by atoms with Gasteiger partial charge in [-0.3, -0.25) is 14.3 Å². The van der Waals surface area contributed by atoms with E-state index in [1.807, 2.05) is 18.2 Å². The van der Waals surface area contributed by atoms with Gasteiger partial charge in [0, 0.05) is 36.2 Å². The molecule has 8 nitrogen and oxygen atoms in total. The van der Waals surface area contributed by atoms with Crippen molar-refractivity contribution >= 4 is 39.0 Å². The van der Waals surface area contributed by atoms with Gasteiger partial charge in [-0.05, 0) is 97.7 Å². The number of amides is 2. The van der Waals surface area contributed by atoms with Crippen LogP contribution in [0.5, 0.6) is 5.75 Å². The summed E-state index contributed by atoms with van der Waals surface area (Å²) < 4.78 is 70.8. The highest BCUT2D eigenvalue weighted by atomic mass is 35.5. The molecule has 1 fully saturated rings. The van der Waals surface area contributed by atoms with Gasteiger partial charge in [0.25, 0.3) is 5.91 Å². The molecule has 266 valence electrons. The Labute approximate surface area is 291 Å². The van der Waals surface area contributed by atoms with Gasteiger partial charge in [-0.2, -0.15) is 13.2 Å². The van der Waals surface area contributed by atoms with E-state index in [1.165, 1.54) is 28.0 Å². The topological polar surface area (TPSA) is 97.3 Å². The van der Waals surface area contributed by atoms with Crippen LogP contribution in [0.25, 0.3) is 0 Å². The quantitative estimate of drug-likeness (QED) is 0.242. The summed E-state index contributed by atoms with van der Waals surface area (Å²) in [5.41, 5.74) is 2.62. The molecule has 1 spiro atoms. The number of anilines is 1. The Morgan fingerprint density at radius 2 is 2.02 bits per heavy atom. The average molecular weight is 722 g/mol. The molecule has 0 radical (unpaired) electrons. The van der Waals surface area contributed by atoms with Crippen molar-refractivity contribution < 1.29 is 36.4 Å². The maximum Gasteiger partial charge on any atom is 0.472 e. The number of halogens is 4. The third-order valence-corrected chi connectivity index (χ3v) is 12.2.